The summed E-state index contributed by atoms with van der Waals surface area (Å²) in [5.74, 6) is 1.27. The summed E-state index contributed by atoms with van der Waals surface area (Å²) in [4.78, 5) is 9.24. The second-order valence-corrected chi connectivity index (χ2v) is 5.97. The number of methoxy groups -OCH3 is 1. The van der Waals surface area contributed by atoms with Crippen molar-refractivity contribution in [2.75, 3.05) is 38.2 Å². The van der Waals surface area contributed by atoms with Crippen LogP contribution in [0.2, 0.25) is 0 Å². The number of piperazine rings is 1. The highest BCUT2D eigenvalue weighted by atomic mass is 16.5. The van der Waals surface area contributed by atoms with Gasteiger partial charge in [0.1, 0.15) is 6.61 Å². The van der Waals surface area contributed by atoms with Gasteiger partial charge in [0, 0.05) is 39.0 Å². The molecule has 2 aromatic rings. The summed E-state index contributed by atoms with van der Waals surface area (Å²) in [5.41, 5.74) is 2.66. The Morgan fingerprint density at radius 1 is 1.22 bits per heavy atom. The average Bonchev–Trinajstić information content (AvgIpc) is 3.04. The molecule has 6 nitrogen and oxygen atoms in total. The maximum atomic E-state index is 5.37. The van der Waals surface area contributed by atoms with Gasteiger partial charge >= 0.3 is 0 Å². The van der Waals surface area contributed by atoms with Crippen LogP contribution in [0.25, 0.3) is 0 Å². The monoisotopic (exact) mass is 316 g/mol. The summed E-state index contributed by atoms with van der Waals surface area (Å²) >= 11 is 0. The average molecular weight is 316 g/mol. The van der Waals surface area contributed by atoms with Crippen molar-refractivity contribution < 1.29 is 9.26 Å². The lowest BCUT2D eigenvalue weighted by Gasteiger charge is -2.38. The van der Waals surface area contributed by atoms with Crippen LogP contribution in [0.1, 0.15) is 30.2 Å². The topological polar surface area (TPSA) is 54.6 Å². The molecular weight excluding hydrogens is 292 g/mol. The van der Waals surface area contributed by atoms with E-state index in [2.05, 4.69) is 58.1 Å². The van der Waals surface area contributed by atoms with Gasteiger partial charge in [-0.3, -0.25) is 4.90 Å². The summed E-state index contributed by atoms with van der Waals surface area (Å²) in [6.07, 6.45) is 0. The molecule has 2 heterocycles. The van der Waals surface area contributed by atoms with Gasteiger partial charge in [0.25, 0.3) is 0 Å². The second-order valence-electron chi connectivity index (χ2n) is 5.97. The Kier molecular flexibility index (Phi) is 4.93. The number of anilines is 1. The van der Waals surface area contributed by atoms with Crippen LogP contribution in [0.5, 0.6) is 0 Å². The standard InChI is InChI=1S/C17H24N4O2/c1-13-6-4-5-7-15(13)21-10-8-20(9-11-21)14(2)17-18-16(12-22-3)19-23-17/h4-7,14H,8-12H2,1-3H3. The molecule has 6 heteroatoms. The third-order valence-electron chi connectivity index (χ3n) is 4.43. The van der Waals surface area contributed by atoms with Crippen LogP contribution in [0.3, 0.4) is 0 Å². The molecule has 0 saturated carbocycles. The van der Waals surface area contributed by atoms with Crippen LogP contribution in [0.4, 0.5) is 5.69 Å². The van der Waals surface area contributed by atoms with E-state index in [4.69, 9.17) is 9.26 Å². The maximum absolute atomic E-state index is 5.37. The molecule has 1 aliphatic heterocycles. The molecule has 1 aromatic heterocycles. The summed E-state index contributed by atoms with van der Waals surface area (Å²) in [5, 5.41) is 3.95. The molecule has 3 rings (SSSR count). The molecule has 1 unspecified atom stereocenters. The molecule has 0 aliphatic carbocycles. The summed E-state index contributed by atoms with van der Waals surface area (Å²) in [7, 11) is 1.63. The van der Waals surface area contributed by atoms with E-state index in [1.807, 2.05) is 0 Å². The first kappa shape index (κ1) is 16.0. The van der Waals surface area contributed by atoms with Crippen LogP contribution in [0, 0.1) is 6.92 Å². The number of hydrogen-bond acceptors (Lipinski definition) is 6. The normalized spacial score (nSPS) is 17.4. The van der Waals surface area contributed by atoms with Crippen molar-refractivity contribution in [3.63, 3.8) is 0 Å². The number of para-hydroxylation sites is 1. The van der Waals surface area contributed by atoms with Gasteiger partial charge in [-0.1, -0.05) is 23.4 Å². The van der Waals surface area contributed by atoms with Crippen LogP contribution >= 0.6 is 0 Å². The number of aromatic nitrogens is 2. The minimum absolute atomic E-state index is 0.132. The minimum Gasteiger partial charge on any atom is -0.377 e. The van der Waals surface area contributed by atoms with Gasteiger partial charge in [-0.25, -0.2) is 0 Å². The number of hydrogen-bond donors (Lipinski definition) is 0. The molecule has 0 bridgehead atoms. The highest BCUT2D eigenvalue weighted by Gasteiger charge is 2.26. The van der Waals surface area contributed by atoms with Gasteiger partial charge < -0.3 is 14.2 Å². The summed E-state index contributed by atoms with van der Waals surface area (Å²) < 4.78 is 10.4. The van der Waals surface area contributed by atoms with E-state index in [1.165, 1.54) is 11.3 Å². The van der Waals surface area contributed by atoms with Crippen molar-refractivity contribution in [1.29, 1.82) is 0 Å². The Labute approximate surface area is 137 Å². The van der Waals surface area contributed by atoms with Crippen molar-refractivity contribution in [2.45, 2.75) is 26.5 Å². The molecule has 0 amide bonds. The minimum atomic E-state index is 0.132. The molecule has 1 saturated heterocycles. The van der Waals surface area contributed by atoms with E-state index in [0.717, 1.165) is 26.2 Å². The number of nitrogens with zero attached hydrogens (tertiary/aromatic N) is 4. The van der Waals surface area contributed by atoms with E-state index in [9.17, 15) is 0 Å². The van der Waals surface area contributed by atoms with Crippen LogP contribution in [-0.2, 0) is 11.3 Å². The van der Waals surface area contributed by atoms with E-state index >= 15 is 0 Å². The van der Waals surface area contributed by atoms with Crippen LogP contribution in [0.15, 0.2) is 28.8 Å². The molecule has 23 heavy (non-hydrogen) atoms. The van der Waals surface area contributed by atoms with Gasteiger partial charge in [-0.05, 0) is 25.5 Å². The smallest absolute Gasteiger partial charge is 0.243 e. The largest absolute Gasteiger partial charge is 0.377 e. The van der Waals surface area contributed by atoms with Gasteiger partial charge in [-0.15, -0.1) is 0 Å². The Hall–Kier alpha value is -1.92. The molecule has 1 fully saturated rings. The molecular formula is C17H24N4O2. The van der Waals surface area contributed by atoms with E-state index < -0.39 is 0 Å². The van der Waals surface area contributed by atoms with Crippen LogP contribution in [-0.4, -0.2) is 48.3 Å². The molecule has 1 aromatic carbocycles. The van der Waals surface area contributed by atoms with Gasteiger partial charge in [-0.2, -0.15) is 4.98 Å². The Balaban J connectivity index is 1.60. The zero-order valence-corrected chi connectivity index (χ0v) is 14.0. The predicted octanol–water partition coefficient (Wildman–Crippen LogP) is 2.41. The first-order valence-corrected chi connectivity index (χ1v) is 8.05. The molecule has 0 spiro atoms. The summed E-state index contributed by atoms with van der Waals surface area (Å²) in [6.45, 7) is 8.66. The molecule has 1 aliphatic rings. The van der Waals surface area contributed by atoms with Crippen molar-refractivity contribution in [3.8, 4) is 0 Å². The van der Waals surface area contributed by atoms with Gasteiger partial charge in [0.05, 0.1) is 6.04 Å². The van der Waals surface area contributed by atoms with Crippen LogP contribution < -0.4 is 4.90 Å². The maximum Gasteiger partial charge on any atom is 0.243 e. The lowest BCUT2D eigenvalue weighted by Crippen LogP contribution is -2.47. The van der Waals surface area contributed by atoms with Crippen molar-refractivity contribution in [1.82, 2.24) is 15.0 Å². The highest BCUT2D eigenvalue weighted by molar-refractivity contribution is 5.53. The fourth-order valence-corrected chi connectivity index (χ4v) is 3.05. The van der Waals surface area contributed by atoms with E-state index in [1.54, 1.807) is 7.11 Å². The number of aryl methyl sites for hydroxylation is 1. The first-order valence-electron chi connectivity index (χ1n) is 8.05. The fraction of sp³-hybridized carbons (Fsp3) is 0.529. The quantitative estimate of drug-likeness (QED) is 0.844. The third kappa shape index (κ3) is 3.54. The number of rotatable bonds is 5. The lowest BCUT2D eigenvalue weighted by atomic mass is 10.1. The number of ether oxygens (including phenoxy) is 1. The van der Waals surface area contributed by atoms with Gasteiger partial charge in [0.15, 0.2) is 5.82 Å². The zero-order chi connectivity index (χ0) is 16.2. The molecule has 0 N–H and O–H groups in total. The fourth-order valence-electron chi connectivity index (χ4n) is 3.05. The predicted molar refractivity (Wildman–Crippen MR) is 88.4 cm³/mol. The Bertz CT molecular complexity index is 635. The Morgan fingerprint density at radius 3 is 2.65 bits per heavy atom. The number of benzene rings is 1. The third-order valence-corrected chi connectivity index (χ3v) is 4.43. The molecule has 0 radical (unpaired) electrons. The van der Waals surface area contributed by atoms with Crippen molar-refractivity contribution in [3.05, 3.63) is 41.5 Å². The SMILES string of the molecule is COCc1noc(C(C)N2CCN(c3ccccc3C)CC2)n1. The first-order chi connectivity index (χ1) is 11.2. The van der Waals surface area contributed by atoms with Crippen molar-refractivity contribution >= 4 is 5.69 Å². The Morgan fingerprint density at radius 2 is 1.96 bits per heavy atom. The van der Waals surface area contributed by atoms with E-state index in [-0.39, 0.29) is 6.04 Å². The van der Waals surface area contributed by atoms with Crippen molar-refractivity contribution in [2.24, 2.45) is 0 Å². The zero-order valence-electron chi connectivity index (χ0n) is 14.0. The van der Waals surface area contributed by atoms with Gasteiger partial charge in [0.2, 0.25) is 5.89 Å². The molecule has 124 valence electrons. The second kappa shape index (κ2) is 7.10. The summed E-state index contributed by atoms with van der Waals surface area (Å²) in [6, 6.07) is 8.69. The van der Waals surface area contributed by atoms with E-state index in [0.29, 0.717) is 18.3 Å². The molecule has 1 atom stereocenters. The highest BCUT2D eigenvalue weighted by Crippen LogP contribution is 2.24. The lowest BCUT2D eigenvalue weighted by molar-refractivity contribution is 0.162.